The van der Waals surface area contributed by atoms with Crippen LogP contribution in [0.3, 0.4) is 0 Å². The van der Waals surface area contributed by atoms with Crippen LogP contribution in [0, 0.1) is 0 Å². The topological polar surface area (TPSA) is 69.0 Å². The molecule has 0 saturated heterocycles. The minimum atomic E-state index is -0.423. The number of nitrogens with zero attached hydrogens (tertiary/aromatic N) is 3. The molecule has 0 radical (unpaired) electrons. The first-order valence-corrected chi connectivity index (χ1v) is 12.0. The van der Waals surface area contributed by atoms with Gasteiger partial charge in [0.2, 0.25) is 5.91 Å². The van der Waals surface area contributed by atoms with Crippen molar-refractivity contribution in [3.63, 3.8) is 0 Å². The van der Waals surface area contributed by atoms with Gasteiger partial charge in [-0.15, -0.1) is 21.5 Å². The van der Waals surface area contributed by atoms with Crippen molar-refractivity contribution in [1.29, 1.82) is 0 Å². The molecule has 4 rings (SSSR count). The van der Waals surface area contributed by atoms with E-state index in [-0.39, 0.29) is 5.91 Å². The van der Waals surface area contributed by atoms with Crippen molar-refractivity contribution in [2.45, 2.75) is 23.9 Å². The number of halogens is 1. The van der Waals surface area contributed by atoms with E-state index < -0.39 is 5.25 Å². The van der Waals surface area contributed by atoms with E-state index in [1.54, 1.807) is 36.6 Å². The highest BCUT2D eigenvalue weighted by Crippen LogP contribution is 2.32. The van der Waals surface area contributed by atoms with E-state index in [0.29, 0.717) is 28.2 Å². The molecule has 0 saturated carbocycles. The molecule has 2 aromatic heterocycles. The third-order valence-corrected chi connectivity index (χ3v) is 6.89. The normalized spacial score (nSPS) is 11.8. The Labute approximate surface area is 199 Å². The van der Waals surface area contributed by atoms with Crippen LogP contribution in [0.15, 0.2) is 71.2 Å². The molecule has 0 spiro atoms. The van der Waals surface area contributed by atoms with Crippen LogP contribution in [0.2, 0.25) is 5.02 Å². The first kappa shape index (κ1) is 22.4. The predicted octanol–water partition coefficient (Wildman–Crippen LogP) is 5.84. The highest BCUT2D eigenvalue weighted by Gasteiger charge is 2.22. The van der Waals surface area contributed by atoms with Gasteiger partial charge >= 0.3 is 0 Å². The smallest absolute Gasteiger partial charge is 0.237 e. The van der Waals surface area contributed by atoms with Crippen molar-refractivity contribution in [3.8, 4) is 16.5 Å². The molecule has 0 unspecified atom stereocenters. The number of thiophene rings is 1. The molecule has 1 N–H and O–H groups in total. The van der Waals surface area contributed by atoms with Gasteiger partial charge < -0.3 is 10.1 Å². The fraction of sp³-hybridized carbons (Fsp3) is 0.174. The zero-order valence-corrected chi connectivity index (χ0v) is 19.9. The van der Waals surface area contributed by atoms with Crippen molar-refractivity contribution in [1.82, 2.24) is 14.8 Å². The second-order valence-corrected chi connectivity index (χ2v) is 9.64. The first-order valence-electron chi connectivity index (χ1n) is 9.87. The number of rotatable bonds is 8. The number of ether oxygens (including phenoxy) is 1. The molecule has 0 aliphatic heterocycles. The molecule has 32 heavy (non-hydrogen) atoms. The van der Waals surface area contributed by atoms with Crippen LogP contribution in [-0.2, 0) is 11.3 Å². The SMILES string of the molecule is COc1ccc(Cl)cc1NC(=O)[C@H](C)Sc1nnc(-c2cccs2)n1Cc1ccccc1. The van der Waals surface area contributed by atoms with E-state index in [1.165, 1.54) is 11.8 Å². The number of hydrogen-bond donors (Lipinski definition) is 1. The molecule has 164 valence electrons. The summed E-state index contributed by atoms with van der Waals surface area (Å²) in [5.74, 6) is 1.16. The van der Waals surface area contributed by atoms with Crippen molar-refractivity contribution in [3.05, 3.63) is 76.6 Å². The molecule has 9 heteroatoms. The Morgan fingerprint density at radius 2 is 2.00 bits per heavy atom. The highest BCUT2D eigenvalue weighted by molar-refractivity contribution is 8.00. The lowest BCUT2D eigenvalue weighted by Gasteiger charge is -2.15. The molecule has 0 aliphatic rings. The maximum Gasteiger partial charge on any atom is 0.237 e. The monoisotopic (exact) mass is 484 g/mol. The number of nitrogens with one attached hydrogen (secondary N) is 1. The summed E-state index contributed by atoms with van der Waals surface area (Å²) in [4.78, 5) is 13.9. The lowest BCUT2D eigenvalue weighted by molar-refractivity contribution is -0.115. The Kier molecular flexibility index (Phi) is 7.14. The molecule has 1 amide bonds. The van der Waals surface area contributed by atoms with Gasteiger partial charge in [-0.25, -0.2) is 0 Å². The van der Waals surface area contributed by atoms with E-state index in [1.807, 2.05) is 42.6 Å². The molecular weight excluding hydrogens is 464 g/mol. The number of carbonyl (C=O) groups excluding carboxylic acids is 1. The number of aromatic nitrogens is 3. The first-order chi connectivity index (χ1) is 15.5. The fourth-order valence-electron chi connectivity index (χ4n) is 3.10. The molecule has 6 nitrogen and oxygen atoms in total. The van der Waals surface area contributed by atoms with Crippen molar-refractivity contribution in [2.24, 2.45) is 0 Å². The number of amides is 1. The molecule has 2 heterocycles. The van der Waals surface area contributed by atoms with Crippen LogP contribution in [0.4, 0.5) is 5.69 Å². The quantitative estimate of drug-likeness (QED) is 0.318. The third-order valence-electron chi connectivity index (χ3n) is 4.71. The summed E-state index contributed by atoms with van der Waals surface area (Å²) in [7, 11) is 1.55. The van der Waals surface area contributed by atoms with Gasteiger partial charge in [-0.1, -0.05) is 59.8 Å². The van der Waals surface area contributed by atoms with E-state index >= 15 is 0 Å². The van der Waals surface area contributed by atoms with Gasteiger partial charge in [0.05, 0.1) is 29.5 Å². The lowest BCUT2D eigenvalue weighted by atomic mass is 10.2. The van der Waals surface area contributed by atoms with Gasteiger partial charge in [0.15, 0.2) is 11.0 Å². The molecular formula is C23H21ClN4O2S2. The summed E-state index contributed by atoms with van der Waals surface area (Å²) in [6.45, 7) is 2.45. The summed E-state index contributed by atoms with van der Waals surface area (Å²) in [5.41, 5.74) is 1.66. The van der Waals surface area contributed by atoms with Crippen LogP contribution in [-0.4, -0.2) is 33.0 Å². The molecule has 0 fully saturated rings. The van der Waals surface area contributed by atoms with Gasteiger partial charge in [-0.2, -0.15) is 0 Å². The Morgan fingerprint density at radius 3 is 2.72 bits per heavy atom. The second kappa shape index (κ2) is 10.2. The van der Waals surface area contributed by atoms with Gasteiger partial charge in [-0.05, 0) is 42.1 Å². The third kappa shape index (κ3) is 5.15. The highest BCUT2D eigenvalue weighted by atomic mass is 35.5. The van der Waals surface area contributed by atoms with Crippen LogP contribution in [0.25, 0.3) is 10.7 Å². The average molecular weight is 485 g/mol. The number of hydrogen-bond acceptors (Lipinski definition) is 6. The molecule has 1 atom stereocenters. The van der Waals surface area contributed by atoms with Crippen molar-refractivity contribution in [2.75, 3.05) is 12.4 Å². The van der Waals surface area contributed by atoms with E-state index in [0.717, 1.165) is 16.3 Å². The lowest BCUT2D eigenvalue weighted by Crippen LogP contribution is -2.23. The second-order valence-electron chi connectivity index (χ2n) is 6.95. The Balaban J connectivity index is 1.57. The summed E-state index contributed by atoms with van der Waals surface area (Å²) in [5, 5.41) is 14.5. The summed E-state index contributed by atoms with van der Waals surface area (Å²) >= 11 is 9.05. The van der Waals surface area contributed by atoms with Gasteiger partial charge in [0.1, 0.15) is 5.75 Å². The average Bonchev–Trinajstić information content (AvgIpc) is 3.45. The standard InChI is InChI=1S/C23H21ClN4O2S2/c1-15(22(29)25-18-13-17(24)10-11-19(18)30-2)32-23-27-26-21(20-9-6-12-31-20)28(23)14-16-7-4-3-5-8-16/h3-13,15H,14H2,1-2H3,(H,25,29)/t15-/m0/s1. The summed E-state index contributed by atoms with van der Waals surface area (Å²) < 4.78 is 7.38. The van der Waals surface area contributed by atoms with E-state index in [4.69, 9.17) is 16.3 Å². The zero-order chi connectivity index (χ0) is 22.5. The molecule has 2 aromatic carbocycles. The zero-order valence-electron chi connectivity index (χ0n) is 17.5. The number of methoxy groups -OCH3 is 1. The number of anilines is 1. The van der Waals surface area contributed by atoms with Crippen molar-refractivity contribution < 1.29 is 9.53 Å². The Morgan fingerprint density at radius 1 is 1.19 bits per heavy atom. The van der Waals surface area contributed by atoms with Gasteiger partial charge in [-0.3, -0.25) is 9.36 Å². The minimum absolute atomic E-state index is 0.178. The van der Waals surface area contributed by atoms with Crippen molar-refractivity contribution >= 4 is 46.3 Å². The Bertz CT molecular complexity index is 1200. The van der Waals surface area contributed by atoms with E-state index in [9.17, 15) is 4.79 Å². The van der Waals surface area contributed by atoms with Gasteiger partial charge in [0, 0.05) is 5.02 Å². The van der Waals surface area contributed by atoms with Gasteiger partial charge in [0.25, 0.3) is 0 Å². The molecule has 0 aliphatic carbocycles. The van der Waals surface area contributed by atoms with Crippen LogP contribution in [0.1, 0.15) is 12.5 Å². The predicted molar refractivity (Wildman–Crippen MR) is 131 cm³/mol. The fourth-order valence-corrected chi connectivity index (χ4v) is 4.83. The maximum absolute atomic E-state index is 12.9. The molecule has 4 aromatic rings. The van der Waals surface area contributed by atoms with Crippen LogP contribution >= 0.6 is 34.7 Å². The number of benzene rings is 2. The molecule has 0 bridgehead atoms. The van der Waals surface area contributed by atoms with E-state index in [2.05, 4.69) is 32.2 Å². The summed E-state index contributed by atoms with van der Waals surface area (Å²) in [6, 6.07) is 19.2. The minimum Gasteiger partial charge on any atom is -0.495 e. The Hall–Kier alpha value is -2.81. The summed E-state index contributed by atoms with van der Waals surface area (Å²) in [6.07, 6.45) is 0. The number of carbonyl (C=O) groups is 1. The van der Waals surface area contributed by atoms with Crippen LogP contribution < -0.4 is 10.1 Å². The largest absolute Gasteiger partial charge is 0.495 e. The van der Waals surface area contributed by atoms with Crippen LogP contribution in [0.5, 0.6) is 5.75 Å². The maximum atomic E-state index is 12.9. The number of thioether (sulfide) groups is 1.